The molecule has 28 heavy (non-hydrogen) atoms. The summed E-state index contributed by atoms with van der Waals surface area (Å²) in [6.07, 6.45) is 0. The van der Waals surface area contributed by atoms with Crippen molar-refractivity contribution in [3.63, 3.8) is 0 Å². The fraction of sp³-hybridized carbons (Fsp3) is 0.158. The normalized spacial score (nSPS) is 10.5. The number of nitro groups is 1. The van der Waals surface area contributed by atoms with Crippen molar-refractivity contribution in [1.82, 2.24) is 4.98 Å². The number of anilines is 1. The van der Waals surface area contributed by atoms with Gasteiger partial charge in [0.05, 0.1) is 17.2 Å². The minimum absolute atomic E-state index is 0.0237. The van der Waals surface area contributed by atoms with Crippen molar-refractivity contribution in [2.45, 2.75) is 13.8 Å². The summed E-state index contributed by atoms with van der Waals surface area (Å²) in [6, 6.07) is 11.4. The third-order valence-corrected chi connectivity index (χ3v) is 5.07. The molecule has 0 aliphatic heterocycles. The van der Waals surface area contributed by atoms with Crippen LogP contribution in [0.2, 0.25) is 5.02 Å². The second-order valence-corrected chi connectivity index (χ2v) is 7.37. The lowest BCUT2D eigenvalue weighted by Crippen LogP contribution is -2.12. The Morgan fingerprint density at radius 2 is 2.00 bits per heavy atom. The van der Waals surface area contributed by atoms with Crippen molar-refractivity contribution >= 4 is 39.7 Å². The first-order chi connectivity index (χ1) is 13.4. The molecule has 7 nitrogen and oxygen atoms in total. The number of hydrogen-bond acceptors (Lipinski definition) is 6. The van der Waals surface area contributed by atoms with E-state index in [2.05, 4.69) is 10.3 Å². The van der Waals surface area contributed by atoms with Crippen LogP contribution in [0.5, 0.6) is 5.75 Å². The van der Waals surface area contributed by atoms with E-state index in [1.807, 2.05) is 38.1 Å². The van der Waals surface area contributed by atoms with Crippen LogP contribution in [0.1, 0.15) is 22.2 Å². The van der Waals surface area contributed by atoms with E-state index in [1.165, 1.54) is 23.5 Å². The summed E-state index contributed by atoms with van der Waals surface area (Å²) in [5.74, 6) is 0.281. The number of rotatable bonds is 6. The molecular formula is C19H16ClN3O4S. The van der Waals surface area contributed by atoms with Crippen LogP contribution in [0, 0.1) is 17.0 Å². The predicted octanol–water partition coefficient (Wildman–Crippen LogP) is 5.33. The molecule has 2 aromatic carbocycles. The number of nitro benzene ring substituents is 1. The second kappa shape index (κ2) is 8.37. The number of aryl methyl sites for hydroxylation is 1. The highest BCUT2D eigenvalue weighted by atomic mass is 35.5. The summed E-state index contributed by atoms with van der Waals surface area (Å²) in [7, 11) is 0. The van der Waals surface area contributed by atoms with Crippen LogP contribution >= 0.6 is 22.9 Å². The van der Waals surface area contributed by atoms with Crippen LogP contribution in [-0.4, -0.2) is 22.4 Å². The first-order valence-corrected chi connectivity index (χ1v) is 9.54. The number of nitrogens with one attached hydrogen (secondary N) is 1. The average molecular weight is 418 g/mol. The Morgan fingerprint density at radius 1 is 1.29 bits per heavy atom. The highest BCUT2D eigenvalue weighted by Crippen LogP contribution is 2.32. The molecule has 0 bridgehead atoms. The molecule has 9 heteroatoms. The van der Waals surface area contributed by atoms with Gasteiger partial charge in [0, 0.05) is 22.1 Å². The quantitative estimate of drug-likeness (QED) is 0.432. The van der Waals surface area contributed by atoms with Crippen LogP contribution in [0.3, 0.4) is 0 Å². The van der Waals surface area contributed by atoms with Gasteiger partial charge in [0.2, 0.25) is 0 Å². The van der Waals surface area contributed by atoms with Gasteiger partial charge in [-0.3, -0.25) is 20.2 Å². The number of carbonyl (C=O) groups excluding carboxylic acids is 1. The van der Waals surface area contributed by atoms with Crippen LogP contribution < -0.4 is 10.1 Å². The van der Waals surface area contributed by atoms with Gasteiger partial charge in [-0.1, -0.05) is 11.6 Å². The molecule has 1 heterocycles. The van der Waals surface area contributed by atoms with E-state index in [0.717, 1.165) is 28.0 Å². The van der Waals surface area contributed by atoms with Crippen LogP contribution in [0.4, 0.5) is 10.8 Å². The minimum atomic E-state index is -0.628. The van der Waals surface area contributed by atoms with Crippen molar-refractivity contribution in [3.8, 4) is 17.0 Å². The lowest BCUT2D eigenvalue weighted by atomic mass is 10.1. The molecule has 0 aliphatic carbocycles. The highest BCUT2D eigenvalue weighted by molar-refractivity contribution is 7.16. The molecule has 0 radical (unpaired) electrons. The van der Waals surface area contributed by atoms with E-state index in [0.29, 0.717) is 11.7 Å². The minimum Gasteiger partial charge on any atom is -0.494 e. The summed E-state index contributed by atoms with van der Waals surface area (Å²) in [5, 5.41) is 14.1. The monoisotopic (exact) mass is 417 g/mol. The number of nitrogens with zero attached hydrogens (tertiary/aromatic N) is 2. The maximum Gasteiger partial charge on any atom is 0.288 e. The summed E-state index contributed by atoms with van der Waals surface area (Å²) < 4.78 is 5.44. The molecule has 144 valence electrons. The van der Waals surface area contributed by atoms with Crippen molar-refractivity contribution in [3.05, 3.63) is 68.0 Å². The van der Waals surface area contributed by atoms with Gasteiger partial charge in [0.15, 0.2) is 5.13 Å². The third kappa shape index (κ3) is 4.29. The molecule has 0 aliphatic rings. The number of ether oxygens (including phenoxy) is 1. The molecule has 0 saturated heterocycles. The summed E-state index contributed by atoms with van der Waals surface area (Å²) in [6.45, 7) is 4.42. The van der Waals surface area contributed by atoms with Crippen LogP contribution in [-0.2, 0) is 0 Å². The number of amides is 1. The molecule has 3 aromatic rings. The maximum atomic E-state index is 12.4. The van der Waals surface area contributed by atoms with Gasteiger partial charge >= 0.3 is 0 Å². The van der Waals surface area contributed by atoms with Crippen LogP contribution in [0.15, 0.2) is 42.5 Å². The molecule has 0 unspecified atom stereocenters. The van der Waals surface area contributed by atoms with E-state index in [1.54, 1.807) is 0 Å². The fourth-order valence-electron chi connectivity index (χ4n) is 2.56. The predicted molar refractivity (Wildman–Crippen MR) is 110 cm³/mol. The SMILES string of the molecule is CCOc1ccc(-c2nc(NC(=O)c3ccc(Cl)c([N+](=O)[O-])c3)sc2C)cc1. The maximum absolute atomic E-state index is 12.4. The van der Waals surface area contributed by atoms with Crippen molar-refractivity contribution in [2.24, 2.45) is 0 Å². The van der Waals surface area contributed by atoms with Crippen molar-refractivity contribution in [2.75, 3.05) is 11.9 Å². The molecule has 3 rings (SSSR count). The average Bonchev–Trinajstić information content (AvgIpc) is 3.02. The smallest absolute Gasteiger partial charge is 0.288 e. The molecule has 0 fully saturated rings. The second-order valence-electron chi connectivity index (χ2n) is 5.76. The number of hydrogen-bond donors (Lipinski definition) is 1. The fourth-order valence-corrected chi connectivity index (χ4v) is 3.57. The molecule has 1 amide bonds. The zero-order chi connectivity index (χ0) is 20.3. The number of halogens is 1. The van der Waals surface area contributed by atoms with Gasteiger partial charge in [-0.25, -0.2) is 4.98 Å². The number of aromatic nitrogens is 1. The lowest BCUT2D eigenvalue weighted by Gasteiger charge is -2.04. The molecule has 1 aromatic heterocycles. The molecule has 0 atom stereocenters. The summed E-state index contributed by atoms with van der Waals surface area (Å²) in [5.41, 5.74) is 1.47. The zero-order valence-corrected chi connectivity index (χ0v) is 16.6. The van der Waals surface area contributed by atoms with Crippen LogP contribution in [0.25, 0.3) is 11.3 Å². The molecular weight excluding hydrogens is 402 g/mol. The van der Waals surface area contributed by atoms with Gasteiger partial charge in [-0.2, -0.15) is 0 Å². The number of carbonyl (C=O) groups is 1. The Balaban J connectivity index is 1.80. The highest BCUT2D eigenvalue weighted by Gasteiger charge is 2.18. The number of thiazole rings is 1. The zero-order valence-electron chi connectivity index (χ0n) is 15.1. The Morgan fingerprint density at radius 3 is 2.64 bits per heavy atom. The van der Waals surface area contributed by atoms with E-state index in [9.17, 15) is 14.9 Å². The largest absolute Gasteiger partial charge is 0.494 e. The van der Waals surface area contributed by atoms with Gasteiger partial charge in [0.25, 0.3) is 11.6 Å². The number of benzene rings is 2. The Labute approximate surface area is 170 Å². The lowest BCUT2D eigenvalue weighted by molar-refractivity contribution is -0.384. The van der Waals surface area contributed by atoms with E-state index < -0.39 is 10.8 Å². The van der Waals surface area contributed by atoms with Crippen molar-refractivity contribution in [1.29, 1.82) is 0 Å². The summed E-state index contributed by atoms with van der Waals surface area (Å²) >= 11 is 7.11. The van der Waals surface area contributed by atoms with Crippen molar-refractivity contribution < 1.29 is 14.5 Å². The van der Waals surface area contributed by atoms with Gasteiger partial charge in [-0.05, 0) is 50.2 Å². The van der Waals surface area contributed by atoms with Gasteiger partial charge in [0.1, 0.15) is 10.8 Å². The van der Waals surface area contributed by atoms with E-state index in [4.69, 9.17) is 16.3 Å². The Bertz CT molecular complexity index is 1030. The third-order valence-electron chi connectivity index (χ3n) is 3.86. The molecule has 0 spiro atoms. The first kappa shape index (κ1) is 19.8. The van der Waals surface area contributed by atoms with E-state index >= 15 is 0 Å². The molecule has 0 saturated carbocycles. The first-order valence-electron chi connectivity index (χ1n) is 8.35. The molecule has 1 N–H and O–H groups in total. The van der Waals surface area contributed by atoms with Gasteiger partial charge < -0.3 is 4.74 Å². The van der Waals surface area contributed by atoms with Gasteiger partial charge in [-0.15, -0.1) is 11.3 Å². The Kier molecular flexibility index (Phi) is 5.91. The topological polar surface area (TPSA) is 94.4 Å². The Hall–Kier alpha value is -2.97. The standard InChI is InChI=1S/C19H16ClN3O4S/c1-3-27-14-7-4-12(5-8-14)17-11(2)28-19(21-17)22-18(24)13-6-9-15(20)16(10-13)23(25)26/h4-10H,3H2,1-2H3,(H,21,22,24). The summed E-state index contributed by atoms with van der Waals surface area (Å²) in [4.78, 5) is 28.2. The van der Waals surface area contributed by atoms with E-state index in [-0.39, 0.29) is 16.3 Å².